The largest absolute Gasteiger partial charge is 0.464 e. The maximum Gasteiger partial charge on any atom is 0.134 e. The molecule has 1 aromatic carbocycles. The summed E-state index contributed by atoms with van der Waals surface area (Å²) < 4.78 is 5.59. The average molecular weight is 264 g/mol. The summed E-state index contributed by atoms with van der Waals surface area (Å²) in [4.78, 5) is 2.53. The molecule has 1 aromatic heterocycles. The number of rotatable bonds is 2. The van der Waals surface area contributed by atoms with E-state index in [1.165, 1.54) is 44.3 Å². The van der Waals surface area contributed by atoms with Crippen LogP contribution >= 0.6 is 11.6 Å². The van der Waals surface area contributed by atoms with E-state index in [2.05, 4.69) is 4.90 Å². The second kappa shape index (κ2) is 5.33. The number of hydrogen-bond donors (Lipinski definition) is 0. The smallest absolute Gasteiger partial charge is 0.134 e. The molecule has 96 valence electrons. The first-order valence-electron chi connectivity index (χ1n) is 6.71. The molecule has 3 heteroatoms. The molecule has 3 rings (SSSR count). The van der Waals surface area contributed by atoms with Crippen molar-refractivity contribution in [3.05, 3.63) is 35.0 Å². The molecule has 0 saturated carbocycles. The zero-order chi connectivity index (χ0) is 12.4. The normalized spacial score (nSPS) is 18.1. The van der Waals surface area contributed by atoms with Gasteiger partial charge in [0.05, 0.1) is 6.26 Å². The first-order valence-corrected chi connectivity index (χ1v) is 7.09. The molecule has 0 aliphatic carbocycles. The van der Waals surface area contributed by atoms with Crippen LogP contribution < -0.4 is 0 Å². The molecule has 2 aromatic rings. The van der Waals surface area contributed by atoms with E-state index in [4.69, 9.17) is 16.0 Å². The summed E-state index contributed by atoms with van der Waals surface area (Å²) in [7, 11) is 0. The van der Waals surface area contributed by atoms with Crippen molar-refractivity contribution < 1.29 is 4.42 Å². The highest BCUT2D eigenvalue weighted by atomic mass is 35.5. The molecule has 0 amide bonds. The van der Waals surface area contributed by atoms with Gasteiger partial charge in [0, 0.05) is 22.5 Å². The lowest BCUT2D eigenvalue weighted by molar-refractivity contribution is 0.277. The minimum atomic E-state index is 0.779. The number of likely N-dealkylation sites (tertiary alicyclic amines) is 1. The molecule has 0 spiro atoms. The van der Waals surface area contributed by atoms with E-state index in [0.717, 1.165) is 22.5 Å². The first kappa shape index (κ1) is 12.1. The minimum absolute atomic E-state index is 0.779. The summed E-state index contributed by atoms with van der Waals surface area (Å²) in [6.45, 7) is 3.38. The molecule has 0 unspecified atom stereocenters. The highest BCUT2D eigenvalue weighted by Gasteiger charge is 2.13. The number of furan rings is 1. The minimum Gasteiger partial charge on any atom is -0.464 e. The quantitative estimate of drug-likeness (QED) is 0.795. The molecule has 2 nitrogen and oxygen atoms in total. The maximum atomic E-state index is 6.06. The molecule has 0 atom stereocenters. The fraction of sp³-hybridized carbons (Fsp3) is 0.467. The Morgan fingerprint density at radius 2 is 1.89 bits per heavy atom. The summed E-state index contributed by atoms with van der Waals surface area (Å²) in [5, 5.41) is 1.94. The van der Waals surface area contributed by atoms with E-state index in [1.54, 1.807) is 0 Å². The van der Waals surface area contributed by atoms with Gasteiger partial charge in [-0.3, -0.25) is 4.90 Å². The number of benzene rings is 1. The summed E-state index contributed by atoms with van der Waals surface area (Å²) in [5.74, 6) is 0. The Kier molecular flexibility index (Phi) is 3.57. The van der Waals surface area contributed by atoms with Gasteiger partial charge < -0.3 is 4.42 Å². The van der Waals surface area contributed by atoms with Gasteiger partial charge in [-0.15, -0.1) is 0 Å². The molecular formula is C15H18ClNO. The van der Waals surface area contributed by atoms with Crippen molar-refractivity contribution in [2.75, 3.05) is 13.1 Å². The van der Waals surface area contributed by atoms with Crippen molar-refractivity contribution in [1.82, 2.24) is 4.90 Å². The monoisotopic (exact) mass is 263 g/mol. The van der Waals surface area contributed by atoms with E-state index < -0.39 is 0 Å². The zero-order valence-electron chi connectivity index (χ0n) is 10.5. The molecule has 2 heterocycles. The highest BCUT2D eigenvalue weighted by Crippen LogP contribution is 2.26. The summed E-state index contributed by atoms with van der Waals surface area (Å²) >= 11 is 6.06. The third-order valence-electron chi connectivity index (χ3n) is 3.71. The fourth-order valence-corrected chi connectivity index (χ4v) is 2.88. The predicted molar refractivity (Wildman–Crippen MR) is 75.0 cm³/mol. The van der Waals surface area contributed by atoms with Crippen LogP contribution in [-0.4, -0.2) is 18.0 Å². The van der Waals surface area contributed by atoms with Gasteiger partial charge in [-0.1, -0.05) is 24.4 Å². The Morgan fingerprint density at radius 1 is 1.11 bits per heavy atom. The van der Waals surface area contributed by atoms with Crippen LogP contribution in [0.4, 0.5) is 0 Å². The lowest BCUT2D eigenvalue weighted by Gasteiger charge is -2.18. The van der Waals surface area contributed by atoms with E-state index >= 15 is 0 Å². The molecule has 0 N–H and O–H groups in total. The van der Waals surface area contributed by atoms with Gasteiger partial charge >= 0.3 is 0 Å². The first-order chi connectivity index (χ1) is 8.83. The van der Waals surface area contributed by atoms with Crippen molar-refractivity contribution in [3.8, 4) is 0 Å². The fourth-order valence-electron chi connectivity index (χ4n) is 2.71. The molecule has 0 bridgehead atoms. The number of halogens is 1. The van der Waals surface area contributed by atoms with Crippen LogP contribution in [0.25, 0.3) is 11.0 Å². The summed E-state index contributed by atoms with van der Waals surface area (Å²) in [6.07, 6.45) is 7.25. The summed E-state index contributed by atoms with van der Waals surface area (Å²) in [6, 6.07) is 5.83. The van der Waals surface area contributed by atoms with Crippen LogP contribution in [0.3, 0.4) is 0 Å². The van der Waals surface area contributed by atoms with Crippen LogP contribution in [0.1, 0.15) is 31.2 Å². The Bertz CT molecular complexity index is 526. The molecule has 1 aliphatic rings. The second-order valence-corrected chi connectivity index (χ2v) is 5.53. The Labute approximate surface area is 113 Å². The van der Waals surface area contributed by atoms with Gasteiger partial charge in [-0.25, -0.2) is 0 Å². The average Bonchev–Trinajstić information content (AvgIpc) is 2.60. The van der Waals surface area contributed by atoms with Crippen molar-refractivity contribution in [3.63, 3.8) is 0 Å². The number of nitrogens with zero attached hydrogens (tertiary/aromatic N) is 1. The van der Waals surface area contributed by atoms with E-state index in [1.807, 2.05) is 24.5 Å². The molecular weight excluding hydrogens is 246 g/mol. The Morgan fingerprint density at radius 3 is 2.67 bits per heavy atom. The van der Waals surface area contributed by atoms with Crippen LogP contribution in [-0.2, 0) is 6.54 Å². The third kappa shape index (κ3) is 2.55. The van der Waals surface area contributed by atoms with E-state index in [-0.39, 0.29) is 0 Å². The van der Waals surface area contributed by atoms with Crippen LogP contribution in [0.15, 0.2) is 28.9 Å². The van der Waals surface area contributed by atoms with Gasteiger partial charge in [0.25, 0.3) is 0 Å². The van der Waals surface area contributed by atoms with E-state index in [0.29, 0.717) is 0 Å². The molecule has 1 saturated heterocycles. The molecule has 1 aliphatic heterocycles. The predicted octanol–water partition coefficient (Wildman–Crippen LogP) is 4.46. The van der Waals surface area contributed by atoms with Crippen molar-refractivity contribution in [2.24, 2.45) is 0 Å². The van der Waals surface area contributed by atoms with Gasteiger partial charge in [0.15, 0.2) is 0 Å². The Balaban J connectivity index is 1.83. The zero-order valence-corrected chi connectivity index (χ0v) is 11.2. The van der Waals surface area contributed by atoms with Crippen LogP contribution in [0, 0.1) is 0 Å². The lowest BCUT2D eigenvalue weighted by atomic mass is 10.1. The topological polar surface area (TPSA) is 16.4 Å². The molecule has 18 heavy (non-hydrogen) atoms. The standard InChI is InChI=1S/C15H18ClNO/c16-13-5-6-15-14(9-13)12(11-18-15)10-17-7-3-1-2-4-8-17/h5-6,9,11H,1-4,7-8,10H2. The Hall–Kier alpha value is -0.990. The maximum absolute atomic E-state index is 6.06. The van der Waals surface area contributed by atoms with Gasteiger partial charge in [-0.05, 0) is 44.1 Å². The highest BCUT2D eigenvalue weighted by molar-refractivity contribution is 6.31. The number of hydrogen-bond acceptors (Lipinski definition) is 2. The van der Waals surface area contributed by atoms with Gasteiger partial charge in [-0.2, -0.15) is 0 Å². The van der Waals surface area contributed by atoms with E-state index in [9.17, 15) is 0 Å². The SMILES string of the molecule is Clc1ccc2occ(CN3CCCCCC3)c2c1. The second-order valence-electron chi connectivity index (χ2n) is 5.09. The van der Waals surface area contributed by atoms with Gasteiger partial charge in [0.2, 0.25) is 0 Å². The summed E-state index contributed by atoms with van der Waals surface area (Å²) in [5.41, 5.74) is 2.19. The van der Waals surface area contributed by atoms with Crippen molar-refractivity contribution in [1.29, 1.82) is 0 Å². The van der Waals surface area contributed by atoms with Gasteiger partial charge in [0.1, 0.15) is 5.58 Å². The van der Waals surface area contributed by atoms with Crippen molar-refractivity contribution in [2.45, 2.75) is 32.2 Å². The lowest BCUT2D eigenvalue weighted by Crippen LogP contribution is -2.23. The number of fused-ring (bicyclic) bond motifs is 1. The third-order valence-corrected chi connectivity index (χ3v) is 3.94. The molecule has 0 radical (unpaired) electrons. The van der Waals surface area contributed by atoms with Crippen LogP contribution in [0.2, 0.25) is 5.02 Å². The van der Waals surface area contributed by atoms with Crippen LogP contribution in [0.5, 0.6) is 0 Å². The van der Waals surface area contributed by atoms with Crippen molar-refractivity contribution >= 4 is 22.6 Å². The molecule has 1 fully saturated rings.